The summed E-state index contributed by atoms with van der Waals surface area (Å²) >= 11 is 0. The van der Waals surface area contributed by atoms with Gasteiger partial charge in [0.25, 0.3) is 0 Å². The Labute approximate surface area is 180 Å². The van der Waals surface area contributed by atoms with E-state index in [0.29, 0.717) is 23.5 Å². The van der Waals surface area contributed by atoms with Crippen LogP contribution in [0.25, 0.3) is 17.1 Å². The van der Waals surface area contributed by atoms with E-state index in [0.717, 1.165) is 27.9 Å². The molecule has 4 aromatic rings. The number of carbonyl (C=O) groups is 1. The fourth-order valence-electron chi connectivity index (χ4n) is 3.69. The lowest BCUT2D eigenvalue weighted by molar-refractivity contribution is -0.111. The van der Waals surface area contributed by atoms with Gasteiger partial charge in [0.2, 0.25) is 5.91 Å². The molecular formula is C25H21N5O. The van der Waals surface area contributed by atoms with Crippen LogP contribution in [0.5, 0.6) is 0 Å². The molecule has 31 heavy (non-hydrogen) atoms. The second-order valence-corrected chi connectivity index (χ2v) is 7.29. The number of nitrogens with one attached hydrogen (secondary N) is 1. The van der Waals surface area contributed by atoms with Gasteiger partial charge in [0.15, 0.2) is 0 Å². The number of fused-ring (bicyclic) bond motifs is 1. The van der Waals surface area contributed by atoms with Crippen molar-refractivity contribution in [1.29, 1.82) is 5.26 Å². The van der Waals surface area contributed by atoms with Crippen LogP contribution in [0.4, 0.5) is 5.69 Å². The van der Waals surface area contributed by atoms with Gasteiger partial charge in [0, 0.05) is 29.9 Å². The summed E-state index contributed by atoms with van der Waals surface area (Å²) in [6, 6.07) is 17.8. The summed E-state index contributed by atoms with van der Waals surface area (Å²) < 4.78 is 2.00. The van der Waals surface area contributed by atoms with E-state index in [1.165, 1.54) is 6.08 Å². The van der Waals surface area contributed by atoms with Gasteiger partial charge in [0.1, 0.15) is 11.7 Å². The van der Waals surface area contributed by atoms with Crippen molar-refractivity contribution in [2.24, 2.45) is 0 Å². The molecule has 0 aliphatic carbocycles. The number of aryl methyl sites for hydroxylation is 2. The topological polar surface area (TPSA) is 83.6 Å². The predicted octanol–water partition coefficient (Wildman–Crippen LogP) is 4.62. The monoisotopic (exact) mass is 407 g/mol. The van der Waals surface area contributed by atoms with Gasteiger partial charge >= 0.3 is 0 Å². The first-order valence-electron chi connectivity index (χ1n) is 9.90. The third-order valence-electron chi connectivity index (χ3n) is 5.00. The Morgan fingerprint density at radius 2 is 2.00 bits per heavy atom. The third kappa shape index (κ3) is 4.21. The Balaban J connectivity index is 1.81. The van der Waals surface area contributed by atoms with Crippen LogP contribution in [-0.2, 0) is 11.3 Å². The molecule has 4 rings (SSSR count). The molecule has 0 fully saturated rings. The quantitative estimate of drug-likeness (QED) is 0.489. The van der Waals surface area contributed by atoms with Crippen molar-refractivity contribution in [2.45, 2.75) is 20.4 Å². The molecule has 0 aliphatic heterocycles. The van der Waals surface area contributed by atoms with Gasteiger partial charge < -0.3 is 9.88 Å². The Morgan fingerprint density at radius 1 is 1.19 bits per heavy atom. The number of aromatic nitrogens is 3. The number of rotatable bonds is 5. The second-order valence-electron chi connectivity index (χ2n) is 7.29. The molecule has 0 spiro atoms. The van der Waals surface area contributed by atoms with E-state index in [4.69, 9.17) is 4.98 Å². The normalized spacial score (nSPS) is 11.0. The molecule has 1 N–H and O–H groups in total. The van der Waals surface area contributed by atoms with Gasteiger partial charge in [-0.15, -0.1) is 0 Å². The first kappa shape index (κ1) is 20.0. The number of pyridine rings is 2. The molecule has 0 aliphatic rings. The number of hydrogen-bond acceptors (Lipinski definition) is 4. The highest BCUT2D eigenvalue weighted by Gasteiger charge is 2.19. The lowest BCUT2D eigenvalue weighted by Gasteiger charge is -2.09. The van der Waals surface area contributed by atoms with Crippen molar-refractivity contribution in [1.82, 2.24) is 14.5 Å². The fraction of sp³-hybridized carbons (Fsp3) is 0.120. The van der Waals surface area contributed by atoms with E-state index >= 15 is 0 Å². The molecule has 3 aromatic heterocycles. The highest BCUT2D eigenvalue weighted by molar-refractivity contribution is 6.02. The van der Waals surface area contributed by atoms with Gasteiger partial charge in [-0.05, 0) is 49.2 Å². The Morgan fingerprint density at radius 3 is 2.71 bits per heavy atom. The lowest BCUT2D eigenvalue weighted by Crippen LogP contribution is -2.08. The smallest absolute Gasteiger partial charge is 0.248 e. The van der Waals surface area contributed by atoms with Crippen molar-refractivity contribution in [2.75, 3.05) is 5.32 Å². The summed E-state index contributed by atoms with van der Waals surface area (Å²) in [6.07, 6.45) is 6.34. The zero-order chi connectivity index (χ0) is 21.8. The van der Waals surface area contributed by atoms with Crippen molar-refractivity contribution in [3.63, 3.8) is 0 Å². The first-order chi connectivity index (χ1) is 15.1. The molecule has 0 saturated heterocycles. The average molecular weight is 407 g/mol. The second kappa shape index (κ2) is 8.64. The van der Waals surface area contributed by atoms with Crippen molar-refractivity contribution < 1.29 is 4.79 Å². The number of carbonyl (C=O) groups excluding carboxylic acids is 1. The van der Waals surface area contributed by atoms with Gasteiger partial charge in [-0.1, -0.05) is 30.3 Å². The van der Waals surface area contributed by atoms with Gasteiger partial charge in [0.05, 0.1) is 23.1 Å². The summed E-state index contributed by atoms with van der Waals surface area (Å²) in [7, 11) is 0. The van der Waals surface area contributed by atoms with Crippen LogP contribution in [0.1, 0.15) is 28.1 Å². The molecule has 0 unspecified atom stereocenters. The SMILES string of the molecule is Cc1cc(C)c2c(C#N)c(C=CC(=O)Nc3cccnc3)n(Cc3ccccc3)c2n1. The standard InChI is InChI=1S/C25H21N5O/c1-17-13-18(2)28-25-24(17)21(14-26)22(30(25)16-19-7-4-3-5-8-19)10-11-23(31)29-20-9-6-12-27-15-20/h3-13,15H,16H2,1-2H3,(H,29,31). The maximum absolute atomic E-state index is 12.5. The van der Waals surface area contributed by atoms with Crippen LogP contribution < -0.4 is 5.32 Å². The van der Waals surface area contributed by atoms with E-state index in [1.54, 1.807) is 30.6 Å². The summed E-state index contributed by atoms with van der Waals surface area (Å²) in [5.74, 6) is -0.297. The van der Waals surface area contributed by atoms with Crippen LogP contribution in [-0.4, -0.2) is 20.4 Å². The number of benzene rings is 1. The summed E-state index contributed by atoms with van der Waals surface area (Å²) in [4.78, 5) is 21.2. The number of amides is 1. The van der Waals surface area contributed by atoms with Crippen LogP contribution in [0.3, 0.4) is 0 Å². The molecular weight excluding hydrogens is 386 g/mol. The molecule has 0 saturated carbocycles. The summed E-state index contributed by atoms with van der Waals surface area (Å²) in [5.41, 5.74) is 5.47. The number of nitriles is 1. The minimum absolute atomic E-state index is 0.297. The molecule has 6 nitrogen and oxygen atoms in total. The van der Waals surface area contributed by atoms with Gasteiger partial charge in [-0.2, -0.15) is 5.26 Å². The first-order valence-corrected chi connectivity index (χ1v) is 9.90. The Bertz CT molecular complexity index is 1320. The van der Waals surface area contributed by atoms with E-state index in [9.17, 15) is 10.1 Å². The Hall–Kier alpha value is -4.24. The third-order valence-corrected chi connectivity index (χ3v) is 5.00. The van der Waals surface area contributed by atoms with E-state index < -0.39 is 0 Å². The van der Waals surface area contributed by atoms with Gasteiger partial charge in [-0.25, -0.2) is 4.98 Å². The fourth-order valence-corrected chi connectivity index (χ4v) is 3.69. The van der Waals surface area contributed by atoms with E-state index in [1.807, 2.05) is 54.8 Å². The van der Waals surface area contributed by atoms with Gasteiger partial charge in [-0.3, -0.25) is 9.78 Å². The van der Waals surface area contributed by atoms with Crippen molar-refractivity contribution >= 4 is 28.7 Å². The lowest BCUT2D eigenvalue weighted by atomic mass is 10.1. The van der Waals surface area contributed by atoms with Crippen LogP contribution >= 0.6 is 0 Å². The minimum Gasteiger partial charge on any atom is -0.321 e. The average Bonchev–Trinajstić information content (AvgIpc) is 3.06. The highest BCUT2D eigenvalue weighted by atomic mass is 16.1. The molecule has 0 bridgehead atoms. The van der Waals surface area contributed by atoms with E-state index in [2.05, 4.69) is 16.4 Å². The minimum atomic E-state index is -0.297. The molecule has 3 heterocycles. The maximum atomic E-state index is 12.5. The summed E-state index contributed by atoms with van der Waals surface area (Å²) in [5, 5.41) is 13.5. The number of nitrogens with zero attached hydrogens (tertiary/aromatic N) is 4. The van der Waals surface area contributed by atoms with Crippen molar-refractivity contribution in [3.8, 4) is 6.07 Å². The predicted molar refractivity (Wildman–Crippen MR) is 121 cm³/mol. The van der Waals surface area contributed by atoms with Crippen LogP contribution in [0, 0.1) is 25.2 Å². The maximum Gasteiger partial charge on any atom is 0.248 e. The zero-order valence-corrected chi connectivity index (χ0v) is 17.3. The molecule has 1 amide bonds. The number of hydrogen-bond donors (Lipinski definition) is 1. The van der Waals surface area contributed by atoms with Crippen molar-refractivity contribution in [3.05, 3.63) is 95.1 Å². The van der Waals surface area contributed by atoms with Crippen LogP contribution in [0.2, 0.25) is 0 Å². The van der Waals surface area contributed by atoms with E-state index in [-0.39, 0.29) is 5.91 Å². The highest BCUT2D eigenvalue weighted by Crippen LogP contribution is 2.30. The Kier molecular flexibility index (Phi) is 5.59. The molecule has 6 heteroatoms. The van der Waals surface area contributed by atoms with Crippen LogP contribution in [0.15, 0.2) is 67.0 Å². The molecule has 152 valence electrons. The molecule has 0 radical (unpaired) electrons. The summed E-state index contributed by atoms with van der Waals surface area (Å²) in [6.45, 7) is 4.46. The molecule has 1 aromatic carbocycles. The molecule has 0 atom stereocenters. The zero-order valence-electron chi connectivity index (χ0n) is 17.3. The largest absolute Gasteiger partial charge is 0.321 e. The number of anilines is 1.